The van der Waals surface area contributed by atoms with Gasteiger partial charge < -0.3 is 9.47 Å². The van der Waals surface area contributed by atoms with Crippen molar-refractivity contribution in [2.45, 2.75) is 90.1 Å². The molecule has 27 heavy (non-hydrogen) atoms. The second kappa shape index (κ2) is 19.8. The molecular weight excluding hydrogens is 405 g/mol. The molecule has 0 aliphatic rings. The van der Waals surface area contributed by atoms with E-state index < -0.39 is 39.8 Å². The van der Waals surface area contributed by atoms with Crippen molar-refractivity contribution in [1.82, 2.24) is 0 Å². The summed E-state index contributed by atoms with van der Waals surface area (Å²) in [6.07, 6.45) is 3.16. The quantitative estimate of drug-likeness (QED) is 0.274. The molecule has 3 atom stereocenters. The molecule has 3 unspecified atom stereocenters. The van der Waals surface area contributed by atoms with Crippen LogP contribution >= 0.6 is 0 Å². The van der Waals surface area contributed by atoms with Crippen molar-refractivity contribution in [2.75, 3.05) is 0 Å². The van der Waals surface area contributed by atoms with Gasteiger partial charge in [0, 0.05) is 0 Å². The van der Waals surface area contributed by atoms with Crippen molar-refractivity contribution in [3.63, 3.8) is 0 Å². The topological polar surface area (TPSA) is 107 Å². The number of rotatable bonds is 12. The summed E-state index contributed by atoms with van der Waals surface area (Å²) >= 11 is 0. The Morgan fingerprint density at radius 1 is 0.889 bits per heavy atom. The average molecular weight is 438 g/mol. The first-order valence-corrected chi connectivity index (χ1v) is 9.98. The molecule has 0 aromatic rings. The van der Waals surface area contributed by atoms with E-state index in [0.717, 1.165) is 25.7 Å². The zero-order chi connectivity index (χ0) is 18.8. The third-order valence-corrected chi connectivity index (χ3v) is 4.63. The van der Waals surface area contributed by atoms with Gasteiger partial charge in [-0.2, -0.15) is 8.42 Å². The predicted octanol–water partition coefficient (Wildman–Crippen LogP) is 0.931. The Bertz CT molecular complexity index is 500. The van der Waals surface area contributed by atoms with Gasteiger partial charge in [0.15, 0.2) is 5.25 Å². The standard InChI is InChI=1S/C16H30O7S.3Na.3H/c1-5-7-9-12(3)22-15(17)11-14(24(19,20)21)16(18)23-13(4)10-8-6-2;;;;;;/h12-14H,5-11H2,1-4H3,(H,19,20,21);;;;;;. The zero-order valence-corrected chi connectivity index (χ0v) is 15.8. The van der Waals surface area contributed by atoms with Crippen LogP contribution in [0.15, 0.2) is 0 Å². The van der Waals surface area contributed by atoms with Gasteiger partial charge in [-0.3, -0.25) is 14.1 Å². The molecule has 0 spiro atoms. The summed E-state index contributed by atoms with van der Waals surface area (Å²) in [7, 11) is -4.75. The molecule has 0 saturated heterocycles. The molecule has 0 fully saturated rings. The molecule has 0 aliphatic heterocycles. The molecule has 0 heterocycles. The van der Waals surface area contributed by atoms with E-state index >= 15 is 0 Å². The summed E-state index contributed by atoms with van der Waals surface area (Å²) in [6, 6.07) is 0. The number of esters is 2. The van der Waals surface area contributed by atoms with Gasteiger partial charge in [-0.05, 0) is 26.7 Å². The van der Waals surface area contributed by atoms with Crippen LogP contribution in [0.5, 0.6) is 0 Å². The van der Waals surface area contributed by atoms with Crippen molar-refractivity contribution in [1.29, 1.82) is 0 Å². The first kappa shape index (κ1) is 36.2. The molecule has 0 radical (unpaired) electrons. The van der Waals surface area contributed by atoms with E-state index in [1.54, 1.807) is 13.8 Å². The monoisotopic (exact) mass is 438 g/mol. The number of hydrogen-bond donors (Lipinski definition) is 1. The normalized spacial score (nSPS) is 13.7. The number of ether oxygens (including phenoxy) is 2. The molecule has 0 bridgehead atoms. The molecule has 1 N–H and O–H groups in total. The Balaban J connectivity index is -0.000000882. The van der Waals surface area contributed by atoms with Gasteiger partial charge in [0.2, 0.25) is 0 Å². The van der Waals surface area contributed by atoms with E-state index in [-0.39, 0.29) is 94.8 Å². The maximum absolute atomic E-state index is 12.0. The summed E-state index contributed by atoms with van der Waals surface area (Å²) in [6.45, 7) is 7.31. The SMILES string of the molecule is CCCCC(C)OC(=O)CC(C(=O)OC(C)CCCC)S(=O)(=O)O.[NaH].[NaH].[NaH]. The zero-order valence-electron chi connectivity index (χ0n) is 15.0. The van der Waals surface area contributed by atoms with E-state index in [0.29, 0.717) is 12.8 Å². The summed E-state index contributed by atoms with van der Waals surface area (Å²) in [5, 5.41) is -1.95. The van der Waals surface area contributed by atoms with Gasteiger partial charge in [0.05, 0.1) is 18.6 Å². The molecule has 0 amide bonds. The van der Waals surface area contributed by atoms with Crippen LogP contribution in [-0.4, -0.2) is 131 Å². The van der Waals surface area contributed by atoms with Crippen molar-refractivity contribution in [3.8, 4) is 0 Å². The van der Waals surface area contributed by atoms with Crippen LogP contribution in [0.4, 0.5) is 0 Å². The van der Waals surface area contributed by atoms with E-state index in [2.05, 4.69) is 0 Å². The Kier molecular flexibility index (Phi) is 26.6. The fourth-order valence-electron chi connectivity index (χ4n) is 2.11. The first-order chi connectivity index (χ1) is 11.1. The first-order valence-electron chi connectivity index (χ1n) is 8.48. The van der Waals surface area contributed by atoms with Crippen LogP contribution in [0, 0.1) is 0 Å². The van der Waals surface area contributed by atoms with E-state index in [9.17, 15) is 22.6 Å². The number of carbonyl (C=O) groups excluding carboxylic acids is 2. The van der Waals surface area contributed by atoms with Gasteiger partial charge in [-0.25, -0.2) is 0 Å². The fourth-order valence-corrected chi connectivity index (χ4v) is 2.75. The van der Waals surface area contributed by atoms with Crippen LogP contribution in [0.3, 0.4) is 0 Å². The minimum atomic E-state index is -4.75. The third kappa shape index (κ3) is 18.3. The molecule has 0 aromatic heterocycles. The predicted molar refractivity (Wildman–Crippen MR) is 112 cm³/mol. The number of unbranched alkanes of at least 4 members (excludes halogenated alkanes) is 2. The van der Waals surface area contributed by atoms with Crippen LogP contribution in [0.1, 0.15) is 72.6 Å². The molecule has 0 rings (SSSR count). The fraction of sp³-hybridized carbons (Fsp3) is 0.875. The Morgan fingerprint density at radius 3 is 1.67 bits per heavy atom. The van der Waals surface area contributed by atoms with Crippen LogP contribution in [0.25, 0.3) is 0 Å². The van der Waals surface area contributed by atoms with E-state index in [1.165, 1.54) is 0 Å². The van der Waals surface area contributed by atoms with Gasteiger partial charge >= 0.3 is 101 Å². The van der Waals surface area contributed by atoms with Gasteiger partial charge in [-0.1, -0.05) is 39.5 Å². The molecule has 0 saturated carbocycles. The number of hydrogen-bond acceptors (Lipinski definition) is 6. The van der Waals surface area contributed by atoms with Gasteiger partial charge in [0.25, 0.3) is 10.1 Å². The molecule has 7 nitrogen and oxygen atoms in total. The van der Waals surface area contributed by atoms with Crippen molar-refractivity contribution < 1.29 is 32.0 Å². The average Bonchev–Trinajstić information content (AvgIpc) is 2.47. The number of carbonyl (C=O) groups is 2. The van der Waals surface area contributed by atoms with Crippen molar-refractivity contribution >= 4 is 111 Å². The molecule has 11 heteroatoms. The minimum absolute atomic E-state index is 0. The summed E-state index contributed by atoms with van der Waals surface area (Å²) < 4.78 is 42.1. The molecular formula is C16H33Na3O7S. The third-order valence-electron chi connectivity index (χ3n) is 3.55. The van der Waals surface area contributed by atoms with Crippen LogP contribution < -0.4 is 0 Å². The van der Waals surface area contributed by atoms with E-state index in [4.69, 9.17) is 9.47 Å². The molecule has 0 aliphatic carbocycles. The molecule has 0 aromatic carbocycles. The van der Waals surface area contributed by atoms with Crippen molar-refractivity contribution in [2.24, 2.45) is 0 Å². The second-order valence-corrected chi connectivity index (χ2v) is 7.64. The molecule has 148 valence electrons. The van der Waals surface area contributed by atoms with Crippen LogP contribution in [0.2, 0.25) is 0 Å². The Hall–Kier alpha value is 1.85. The van der Waals surface area contributed by atoms with Crippen LogP contribution in [-0.2, 0) is 29.2 Å². The maximum atomic E-state index is 12.0. The summed E-state index contributed by atoms with van der Waals surface area (Å²) in [5.74, 6) is -1.97. The summed E-state index contributed by atoms with van der Waals surface area (Å²) in [5.41, 5.74) is 0. The van der Waals surface area contributed by atoms with E-state index in [1.807, 2.05) is 13.8 Å². The van der Waals surface area contributed by atoms with Gasteiger partial charge in [-0.15, -0.1) is 0 Å². The Labute approximate surface area is 230 Å². The Morgan fingerprint density at radius 2 is 1.30 bits per heavy atom. The summed E-state index contributed by atoms with van der Waals surface area (Å²) in [4.78, 5) is 23.8. The van der Waals surface area contributed by atoms with Gasteiger partial charge in [0.1, 0.15) is 0 Å². The van der Waals surface area contributed by atoms with Crippen molar-refractivity contribution in [3.05, 3.63) is 0 Å². The second-order valence-electron chi connectivity index (χ2n) is 6.04.